The lowest BCUT2D eigenvalue weighted by atomic mass is 10.1. The summed E-state index contributed by atoms with van der Waals surface area (Å²) in [6.45, 7) is 2.82. The molecule has 62 valence electrons. The molecule has 0 amide bonds. The predicted octanol–water partition coefficient (Wildman–Crippen LogP) is 1.88. The van der Waals surface area contributed by atoms with Crippen LogP contribution in [-0.2, 0) is 0 Å². The zero-order valence-electron chi connectivity index (χ0n) is 7.13. The Bertz CT molecular complexity index is 158. The fourth-order valence-corrected chi connectivity index (χ4v) is 2.39. The molecule has 0 radical (unpaired) electrons. The first-order valence-electron chi connectivity index (χ1n) is 5.17. The average Bonchev–Trinajstić information content (AvgIpc) is 2.68. The smallest absolute Gasteiger partial charge is 0.0127 e. The van der Waals surface area contributed by atoms with Gasteiger partial charge in [-0.1, -0.05) is 12.8 Å². The largest absolute Gasteiger partial charge is 0.300 e. The fraction of sp³-hybridized carbons (Fsp3) is 1.00. The molecule has 1 heteroatoms. The minimum Gasteiger partial charge on any atom is -0.300 e. The zero-order chi connectivity index (χ0) is 7.26. The monoisotopic (exact) mass is 151 g/mol. The molecule has 11 heavy (non-hydrogen) atoms. The molecule has 1 saturated heterocycles. The van der Waals surface area contributed by atoms with Crippen LogP contribution in [0.5, 0.6) is 0 Å². The molecule has 0 aromatic heterocycles. The van der Waals surface area contributed by atoms with Crippen molar-refractivity contribution in [1.29, 1.82) is 0 Å². The van der Waals surface area contributed by atoms with Gasteiger partial charge in [0.25, 0.3) is 0 Å². The van der Waals surface area contributed by atoms with E-state index in [0.717, 1.165) is 17.9 Å². The maximum Gasteiger partial charge on any atom is 0.0127 e. The van der Waals surface area contributed by atoms with Crippen LogP contribution in [0.1, 0.15) is 32.1 Å². The summed E-state index contributed by atoms with van der Waals surface area (Å²) in [5.41, 5.74) is 0. The molecule has 0 spiro atoms. The third-order valence-corrected chi connectivity index (χ3v) is 3.58. The highest BCUT2D eigenvalue weighted by Crippen LogP contribution is 2.47. The predicted molar refractivity (Wildman–Crippen MR) is 45.4 cm³/mol. The van der Waals surface area contributed by atoms with Crippen LogP contribution >= 0.6 is 0 Å². The molecule has 2 saturated carbocycles. The van der Waals surface area contributed by atoms with Crippen molar-refractivity contribution in [3.05, 3.63) is 0 Å². The van der Waals surface area contributed by atoms with Crippen molar-refractivity contribution in [2.75, 3.05) is 13.1 Å². The van der Waals surface area contributed by atoms with E-state index in [1.54, 1.807) is 19.3 Å². The Morgan fingerprint density at radius 2 is 2.00 bits per heavy atom. The van der Waals surface area contributed by atoms with Gasteiger partial charge in [0, 0.05) is 6.04 Å². The maximum atomic E-state index is 2.69. The van der Waals surface area contributed by atoms with E-state index in [-0.39, 0.29) is 0 Å². The van der Waals surface area contributed by atoms with E-state index in [0.29, 0.717) is 0 Å². The molecule has 2 atom stereocenters. The topological polar surface area (TPSA) is 3.24 Å². The highest BCUT2D eigenvalue weighted by atomic mass is 15.2. The van der Waals surface area contributed by atoms with Gasteiger partial charge in [0.2, 0.25) is 0 Å². The van der Waals surface area contributed by atoms with Gasteiger partial charge in [-0.25, -0.2) is 0 Å². The van der Waals surface area contributed by atoms with E-state index in [2.05, 4.69) is 4.90 Å². The number of hydrogen-bond donors (Lipinski definition) is 0. The average molecular weight is 151 g/mol. The summed E-state index contributed by atoms with van der Waals surface area (Å²) >= 11 is 0. The van der Waals surface area contributed by atoms with Crippen molar-refractivity contribution >= 4 is 0 Å². The second-order valence-corrected chi connectivity index (χ2v) is 4.63. The van der Waals surface area contributed by atoms with Gasteiger partial charge in [-0.3, -0.25) is 0 Å². The Morgan fingerprint density at radius 3 is 2.55 bits per heavy atom. The molecule has 1 nitrogen and oxygen atoms in total. The van der Waals surface area contributed by atoms with E-state index < -0.39 is 0 Å². The number of hydrogen-bond acceptors (Lipinski definition) is 1. The van der Waals surface area contributed by atoms with E-state index in [9.17, 15) is 0 Å². The van der Waals surface area contributed by atoms with Crippen molar-refractivity contribution in [2.45, 2.75) is 38.1 Å². The number of likely N-dealkylation sites (tertiary alicyclic amines) is 1. The summed E-state index contributed by atoms with van der Waals surface area (Å²) < 4.78 is 0. The summed E-state index contributed by atoms with van der Waals surface area (Å²) in [5, 5.41) is 0. The lowest BCUT2D eigenvalue weighted by Gasteiger charge is -2.31. The normalized spacial score (nSPS) is 43.6. The van der Waals surface area contributed by atoms with Gasteiger partial charge < -0.3 is 4.90 Å². The van der Waals surface area contributed by atoms with Gasteiger partial charge in [0.1, 0.15) is 0 Å². The molecule has 2 aliphatic carbocycles. The lowest BCUT2D eigenvalue weighted by Crippen LogP contribution is -2.39. The van der Waals surface area contributed by atoms with Crippen LogP contribution in [0.25, 0.3) is 0 Å². The van der Waals surface area contributed by atoms with Crippen LogP contribution in [0.15, 0.2) is 0 Å². The van der Waals surface area contributed by atoms with Crippen LogP contribution in [0.2, 0.25) is 0 Å². The molecule has 1 heterocycles. The first-order valence-corrected chi connectivity index (χ1v) is 5.17. The SMILES string of the molecule is C1CN(C2CC2CC2CC2)C1. The maximum absolute atomic E-state index is 2.69. The van der Waals surface area contributed by atoms with Gasteiger partial charge in [0.15, 0.2) is 0 Å². The summed E-state index contributed by atoms with van der Waals surface area (Å²) in [7, 11) is 0. The Balaban J connectivity index is 1.45. The van der Waals surface area contributed by atoms with Gasteiger partial charge in [-0.05, 0) is 44.2 Å². The van der Waals surface area contributed by atoms with Crippen molar-refractivity contribution < 1.29 is 0 Å². The zero-order valence-corrected chi connectivity index (χ0v) is 7.13. The molecule has 2 unspecified atom stereocenters. The molecular weight excluding hydrogens is 134 g/mol. The molecular formula is C10H17N. The number of rotatable bonds is 3. The van der Waals surface area contributed by atoms with Crippen LogP contribution in [0.4, 0.5) is 0 Å². The van der Waals surface area contributed by atoms with Crippen LogP contribution in [0.3, 0.4) is 0 Å². The van der Waals surface area contributed by atoms with E-state index in [4.69, 9.17) is 0 Å². The first kappa shape index (κ1) is 6.47. The van der Waals surface area contributed by atoms with Crippen molar-refractivity contribution in [3.8, 4) is 0 Å². The second kappa shape index (κ2) is 2.22. The molecule has 0 N–H and O–H groups in total. The number of nitrogens with zero attached hydrogens (tertiary/aromatic N) is 1. The van der Waals surface area contributed by atoms with E-state index in [1.165, 1.54) is 25.9 Å². The third kappa shape index (κ3) is 1.20. The van der Waals surface area contributed by atoms with Gasteiger partial charge in [-0.2, -0.15) is 0 Å². The minimum atomic E-state index is 1.05. The van der Waals surface area contributed by atoms with Crippen LogP contribution in [-0.4, -0.2) is 24.0 Å². The summed E-state index contributed by atoms with van der Waals surface area (Å²) in [5.74, 6) is 2.29. The molecule has 3 rings (SSSR count). The molecule has 3 fully saturated rings. The van der Waals surface area contributed by atoms with Crippen molar-refractivity contribution in [3.63, 3.8) is 0 Å². The quantitative estimate of drug-likeness (QED) is 0.595. The Labute approximate surface area is 68.8 Å². The second-order valence-electron chi connectivity index (χ2n) is 4.63. The molecule has 0 aromatic carbocycles. The van der Waals surface area contributed by atoms with Gasteiger partial charge in [0.05, 0.1) is 0 Å². The molecule has 0 aromatic rings. The highest BCUT2D eigenvalue weighted by molar-refractivity contribution is 4.99. The summed E-state index contributed by atoms with van der Waals surface area (Å²) in [6.07, 6.45) is 7.66. The van der Waals surface area contributed by atoms with Crippen molar-refractivity contribution in [2.24, 2.45) is 11.8 Å². The fourth-order valence-electron chi connectivity index (χ4n) is 2.39. The Hall–Kier alpha value is -0.0400. The van der Waals surface area contributed by atoms with E-state index in [1.807, 2.05) is 0 Å². The molecule has 3 aliphatic rings. The summed E-state index contributed by atoms with van der Waals surface area (Å²) in [4.78, 5) is 2.69. The van der Waals surface area contributed by atoms with Crippen molar-refractivity contribution in [1.82, 2.24) is 4.90 Å². The molecule has 1 aliphatic heterocycles. The highest BCUT2D eigenvalue weighted by Gasteiger charge is 2.45. The van der Waals surface area contributed by atoms with Crippen LogP contribution in [0, 0.1) is 11.8 Å². The van der Waals surface area contributed by atoms with Gasteiger partial charge >= 0.3 is 0 Å². The third-order valence-electron chi connectivity index (χ3n) is 3.58. The minimum absolute atomic E-state index is 1.05. The first-order chi connectivity index (χ1) is 5.43. The summed E-state index contributed by atoms with van der Waals surface area (Å²) in [6, 6.07) is 1.05. The van der Waals surface area contributed by atoms with Crippen LogP contribution < -0.4 is 0 Å². The Morgan fingerprint density at radius 1 is 1.18 bits per heavy atom. The lowest BCUT2D eigenvalue weighted by molar-refractivity contribution is 0.161. The molecule has 0 bridgehead atoms. The standard InChI is InChI=1S/C10H17N/c1-4-11(5-1)10-7-9(10)6-8-2-3-8/h8-10H,1-7H2. The van der Waals surface area contributed by atoms with E-state index >= 15 is 0 Å². The van der Waals surface area contributed by atoms with Gasteiger partial charge in [-0.15, -0.1) is 0 Å². The Kier molecular flexibility index (Phi) is 1.31.